The van der Waals surface area contributed by atoms with Crippen molar-refractivity contribution in [1.29, 1.82) is 0 Å². The van der Waals surface area contributed by atoms with Gasteiger partial charge in [-0.3, -0.25) is 0 Å². The van der Waals surface area contributed by atoms with Crippen molar-refractivity contribution < 1.29 is 17.9 Å². The highest BCUT2D eigenvalue weighted by Gasteiger charge is 2.12. The molecular formula is C16H18BrNO4S. The molecule has 2 aromatic rings. The van der Waals surface area contributed by atoms with E-state index in [0.29, 0.717) is 12.4 Å². The van der Waals surface area contributed by atoms with Crippen molar-refractivity contribution >= 4 is 26.0 Å². The van der Waals surface area contributed by atoms with Gasteiger partial charge in [0, 0.05) is 11.0 Å². The van der Waals surface area contributed by atoms with Crippen LogP contribution in [0.3, 0.4) is 0 Å². The molecule has 5 nitrogen and oxygen atoms in total. The van der Waals surface area contributed by atoms with Gasteiger partial charge in [0.05, 0.1) is 11.5 Å². The second-order valence-corrected chi connectivity index (χ2v) is 7.29. The molecule has 0 unspecified atom stereocenters. The molecule has 0 fully saturated rings. The number of ether oxygens (including phenoxy) is 2. The minimum Gasteiger partial charge on any atom is -0.494 e. The maximum absolute atomic E-state index is 12.1. The highest BCUT2D eigenvalue weighted by atomic mass is 79.9. The van der Waals surface area contributed by atoms with Gasteiger partial charge in [-0.05, 0) is 55.5 Å². The summed E-state index contributed by atoms with van der Waals surface area (Å²) < 4.78 is 38.3. The molecule has 7 heteroatoms. The van der Waals surface area contributed by atoms with Crippen LogP contribution in [-0.4, -0.2) is 28.2 Å². The monoisotopic (exact) mass is 399 g/mol. The van der Waals surface area contributed by atoms with Gasteiger partial charge >= 0.3 is 0 Å². The van der Waals surface area contributed by atoms with Crippen LogP contribution >= 0.6 is 15.9 Å². The average molecular weight is 400 g/mol. The van der Waals surface area contributed by atoms with E-state index >= 15 is 0 Å². The minimum absolute atomic E-state index is 0.186. The van der Waals surface area contributed by atoms with Crippen molar-refractivity contribution in [3.63, 3.8) is 0 Å². The van der Waals surface area contributed by atoms with Gasteiger partial charge in [-0.25, -0.2) is 13.1 Å². The molecule has 2 aromatic carbocycles. The van der Waals surface area contributed by atoms with Crippen LogP contribution < -0.4 is 14.2 Å². The first-order valence-electron chi connectivity index (χ1n) is 7.12. The molecule has 2 rings (SSSR count). The zero-order chi connectivity index (χ0) is 16.7. The molecular weight excluding hydrogens is 382 g/mol. The Balaban J connectivity index is 1.81. The zero-order valence-electron chi connectivity index (χ0n) is 12.7. The van der Waals surface area contributed by atoms with Crippen LogP contribution in [0.4, 0.5) is 0 Å². The van der Waals surface area contributed by atoms with E-state index in [9.17, 15) is 8.42 Å². The molecule has 0 radical (unpaired) electrons. The van der Waals surface area contributed by atoms with E-state index in [0.717, 1.165) is 10.2 Å². The van der Waals surface area contributed by atoms with Crippen LogP contribution in [0.5, 0.6) is 11.5 Å². The van der Waals surface area contributed by atoms with Crippen molar-refractivity contribution in [1.82, 2.24) is 4.72 Å². The summed E-state index contributed by atoms with van der Waals surface area (Å²) in [5.41, 5.74) is 0. The van der Waals surface area contributed by atoms with Gasteiger partial charge in [-0.15, -0.1) is 0 Å². The molecule has 0 saturated carbocycles. The number of hydrogen-bond acceptors (Lipinski definition) is 4. The lowest BCUT2D eigenvalue weighted by Gasteiger charge is -2.09. The number of benzene rings is 2. The summed E-state index contributed by atoms with van der Waals surface area (Å²) in [6.07, 6.45) is 0. The lowest BCUT2D eigenvalue weighted by atomic mass is 10.3. The molecule has 0 bridgehead atoms. The Labute approximate surface area is 144 Å². The molecule has 0 aromatic heterocycles. The smallest absolute Gasteiger partial charge is 0.240 e. The van der Waals surface area contributed by atoms with Crippen LogP contribution in [0.1, 0.15) is 6.92 Å². The predicted octanol–water partition coefficient (Wildman–Crippen LogP) is 3.21. The summed E-state index contributed by atoms with van der Waals surface area (Å²) in [6, 6.07) is 13.6. The SMILES string of the molecule is CCOc1ccc(OCCNS(=O)(=O)c2ccc(Br)cc2)cc1. The molecule has 0 aliphatic rings. The van der Waals surface area contributed by atoms with Crippen molar-refractivity contribution in [2.75, 3.05) is 19.8 Å². The van der Waals surface area contributed by atoms with Gasteiger partial charge in [0.25, 0.3) is 0 Å². The van der Waals surface area contributed by atoms with Gasteiger partial charge in [0.1, 0.15) is 18.1 Å². The Morgan fingerprint density at radius 2 is 1.52 bits per heavy atom. The topological polar surface area (TPSA) is 64.6 Å². The number of halogens is 1. The summed E-state index contributed by atoms with van der Waals surface area (Å²) in [6.45, 7) is 2.95. The maximum Gasteiger partial charge on any atom is 0.240 e. The summed E-state index contributed by atoms with van der Waals surface area (Å²) >= 11 is 3.27. The number of rotatable bonds is 8. The Bertz CT molecular complexity index is 715. The molecule has 124 valence electrons. The molecule has 0 heterocycles. The highest BCUT2D eigenvalue weighted by Crippen LogP contribution is 2.17. The minimum atomic E-state index is -3.52. The van der Waals surface area contributed by atoms with Gasteiger partial charge in [0.15, 0.2) is 0 Å². The third-order valence-corrected chi connectivity index (χ3v) is 4.93. The molecule has 0 aliphatic heterocycles. The zero-order valence-corrected chi connectivity index (χ0v) is 15.1. The first-order chi connectivity index (χ1) is 11.0. The van der Waals surface area contributed by atoms with Gasteiger partial charge in [-0.2, -0.15) is 0 Å². The van der Waals surface area contributed by atoms with E-state index in [1.807, 2.05) is 19.1 Å². The molecule has 0 spiro atoms. The molecule has 0 amide bonds. The summed E-state index contributed by atoms with van der Waals surface area (Å²) in [7, 11) is -3.52. The van der Waals surface area contributed by atoms with E-state index in [1.54, 1.807) is 36.4 Å². The first-order valence-corrected chi connectivity index (χ1v) is 9.40. The van der Waals surface area contributed by atoms with Crippen molar-refractivity contribution in [2.24, 2.45) is 0 Å². The van der Waals surface area contributed by atoms with Crippen LogP contribution in [0.2, 0.25) is 0 Å². The fraction of sp³-hybridized carbons (Fsp3) is 0.250. The van der Waals surface area contributed by atoms with Crippen molar-refractivity contribution in [3.8, 4) is 11.5 Å². The summed E-state index contributed by atoms with van der Waals surface area (Å²) in [4.78, 5) is 0.224. The van der Waals surface area contributed by atoms with Crippen LogP contribution in [-0.2, 0) is 10.0 Å². The molecule has 0 saturated heterocycles. The van der Waals surface area contributed by atoms with E-state index in [1.165, 1.54) is 0 Å². The van der Waals surface area contributed by atoms with Gasteiger partial charge in [0.2, 0.25) is 10.0 Å². The van der Waals surface area contributed by atoms with E-state index < -0.39 is 10.0 Å². The Morgan fingerprint density at radius 1 is 0.957 bits per heavy atom. The van der Waals surface area contributed by atoms with Gasteiger partial charge < -0.3 is 9.47 Å². The lowest BCUT2D eigenvalue weighted by Crippen LogP contribution is -2.28. The fourth-order valence-electron chi connectivity index (χ4n) is 1.84. The molecule has 1 N–H and O–H groups in total. The average Bonchev–Trinajstić information content (AvgIpc) is 2.54. The highest BCUT2D eigenvalue weighted by molar-refractivity contribution is 9.10. The Hall–Kier alpha value is -1.57. The van der Waals surface area contributed by atoms with Gasteiger partial charge in [-0.1, -0.05) is 15.9 Å². The Kier molecular flexibility index (Phi) is 6.44. The van der Waals surface area contributed by atoms with Crippen molar-refractivity contribution in [2.45, 2.75) is 11.8 Å². The molecule has 0 atom stereocenters. The van der Waals surface area contributed by atoms with Crippen LogP contribution in [0.15, 0.2) is 57.9 Å². The Morgan fingerprint density at radius 3 is 2.09 bits per heavy atom. The first kappa shape index (κ1) is 17.8. The standard InChI is InChI=1S/C16H18BrNO4S/c1-2-21-14-5-7-15(8-6-14)22-12-11-18-23(19,20)16-9-3-13(17)4-10-16/h3-10,18H,2,11-12H2,1H3. The van der Waals surface area contributed by atoms with E-state index in [-0.39, 0.29) is 18.0 Å². The summed E-state index contributed by atoms with van der Waals surface area (Å²) in [5.74, 6) is 1.44. The molecule has 23 heavy (non-hydrogen) atoms. The second kappa shape index (κ2) is 8.33. The van der Waals surface area contributed by atoms with Crippen LogP contribution in [0.25, 0.3) is 0 Å². The maximum atomic E-state index is 12.1. The third kappa shape index (κ3) is 5.53. The lowest BCUT2D eigenvalue weighted by molar-refractivity contribution is 0.319. The second-order valence-electron chi connectivity index (χ2n) is 4.60. The van der Waals surface area contributed by atoms with Crippen LogP contribution in [0, 0.1) is 0 Å². The normalized spacial score (nSPS) is 11.2. The van der Waals surface area contributed by atoms with Crippen molar-refractivity contribution in [3.05, 3.63) is 53.0 Å². The number of hydrogen-bond donors (Lipinski definition) is 1. The number of nitrogens with one attached hydrogen (secondary N) is 1. The fourth-order valence-corrected chi connectivity index (χ4v) is 3.12. The quantitative estimate of drug-likeness (QED) is 0.692. The largest absolute Gasteiger partial charge is 0.494 e. The third-order valence-electron chi connectivity index (χ3n) is 2.92. The molecule has 0 aliphatic carbocycles. The number of sulfonamides is 1. The van der Waals surface area contributed by atoms with E-state index in [4.69, 9.17) is 9.47 Å². The van der Waals surface area contributed by atoms with E-state index in [2.05, 4.69) is 20.7 Å². The predicted molar refractivity (Wildman–Crippen MR) is 92.4 cm³/mol. The summed E-state index contributed by atoms with van der Waals surface area (Å²) in [5, 5.41) is 0.